The van der Waals surface area contributed by atoms with Crippen molar-refractivity contribution in [1.82, 2.24) is 0 Å². The van der Waals surface area contributed by atoms with Crippen LogP contribution in [0.25, 0.3) is 11.1 Å². The largest absolute Gasteiger partial charge is 0.496 e. The van der Waals surface area contributed by atoms with Crippen LogP contribution < -0.4 is 23.7 Å². The highest BCUT2D eigenvalue weighted by atomic mass is 16.6. The number of para-hydroxylation sites is 2. The van der Waals surface area contributed by atoms with E-state index in [0.717, 1.165) is 11.1 Å². The molecule has 214 valence electrons. The molecule has 42 heavy (non-hydrogen) atoms. The quantitative estimate of drug-likeness (QED) is 0.206. The van der Waals surface area contributed by atoms with E-state index in [2.05, 4.69) is 0 Å². The zero-order chi connectivity index (χ0) is 29.2. The molecule has 0 spiro atoms. The summed E-state index contributed by atoms with van der Waals surface area (Å²) in [5.41, 5.74) is 3.00. The van der Waals surface area contributed by atoms with Crippen molar-refractivity contribution >= 4 is 11.9 Å². The highest BCUT2D eigenvalue weighted by molar-refractivity contribution is 5.86. The van der Waals surface area contributed by atoms with Gasteiger partial charge in [0.1, 0.15) is 30.5 Å². The Morgan fingerprint density at radius 3 is 1.90 bits per heavy atom. The molecule has 1 aliphatic heterocycles. The van der Waals surface area contributed by atoms with E-state index in [-0.39, 0.29) is 0 Å². The molecule has 0 unspecified atom stereocenters. The predicted octanol–water partition coefficient (Wildman–Crippen LogP) is 5.95. The van der Waals surface area contributed by atoms with Gasteiger partial charge in [0.15, 0.2) is 11.5 Å². The fraction of sp³-hybridized carbons (Fsp3) is 0.235. The van der Waals surface area contributed by atoms with Crippen molar-refractivity contribution in [3.8, 4) is 39.9 Å². The summed E-state index contributed by atoms with van der Waals surface area (Å²) in [5, 5.41) is 10.4. The van der Waals surface area contributed by atoms with Gasteiger partial charge in [-0.25, -0.2) is 0 Å². The summed E-state index contributed by atoms with van der Waals surface area (Å²) in [6, 6.07) is 27.3. The van der Waals surface area contributed by atoms with Crippen LogP contribution in [-0.2, 0) is 9.59 Å². The average molecular weight is 567 g/mol. The lowest BCUT2D eigenvalue weighted by atomic mass is 9.52. The summed E-state index contributed by atoms with van der Waals surface area (Å²) in [6.45, 7) is 0.987. The molecule has 1 fully saturated rings. The van der Waals surface area contributed by atoms with Crippen LogP contribution in [-0.4, -0.2) is 44.5 Å². The first-order valence-corrected chi connectivity index (χ1v) is 13.7. The van der Waals surface area contributed by atoms with Gasteiger partial charge in [-0.15, -0.1) is 0 Å². The van der Waals surface area contributed by atoms with Crippen LogP contribution in [0.3, 0.4) is 0 Å². The van der Waals surface area contributed by atoms with E-state index in [4.69, 9.17) is 23.7 Å². The third kappa shape index (κ3) is 4.89. The van der Waals surface area contributed by atoms with Gasteiger partial charge in [0.25, 0.3) is 0 Å². The zero-order valence-corrected chi connectivity index (χ0v) is 23.2. The minimum Gasteiger partial charge on any atom is -0.496 e. The number of methoxy groups -OCH3 is 2. The molecule has 6 rings (SSSR count). The van der Waals surface area contributed by atoms with E-state index in [9.17, 15) is 14.7 Å². The Balaban J connectivity index is 1.36. The maximum absolute atomic E-state index is 14.0. The number of carboxylic acids is 1. The van der Waals surface area contributed by atoms with Crippen molar-refractivity contribution in [2.45, 2.75) is 11.8 Å². The molecule has 2 aliphatic rings. The zero-order valence-electron chi connectivity index (χ0n) is 23.2. The average Bonchev–Trinajstić information content (AvgIpc) is 3.00. The van der Waals surface area contributed by atoms with Gasteiger partial charge in [0, 0.05) is 11.8 Å². The molecule has 1 heterocycles. The molecule has 0 amide bonds. The van der Waals surface area contributed by atoms with Gasteiger partial charge in [0.05, 0.1) is 26.1 Å². The van der Waals surface area contributed by atoms with E-state index in [1.807, 2.05) is 54.6 Å². The Labute approximate surface area is 243 Å². The molecule has 4 aromatic carbocycles. The lowest BCUT2D eigenvalue weighted by Gasteiger charge is -2.49. The van der Waals surface area contributed by atoms with Gasteiger partial charge in [-0.2, -0.15) is 0 Å². The second kappa shape index (κ2) is 11.5. The molecule has 1 N–H and O–H groups in total. The van der Waals surface area contributed by atoms with Crippen molar-refractivity contribution in [3.63, 3.8) is 0 Å². The van der Waals surface area contributed by atoms with Crippen molar-refractivity contribution in [2.24, 2.45) is 11.8 Å². The summed E-state index contributed by atoms with van der Waals surface area (Å²) in [5.74, 6) is -1.87. The van der Waals surface area contributed by atoms with Crippen molar-refractivity contribution in [1.29, 1.82) is 0 Å². The fourth-order valence-electron chi connectivity index (χ4n) is 6.15. The Kier molecular flexibility index (Phi) is 7.44. The summed E-state index contributed by atoms with van der Waals surface area (Å²) in [6.07, 6.45) is 0. The second-order valence-electron chi connectivity index (χ2n) is 10.2. The third-order valence-corrected chi connectivity index (χ3v) is 8.03. The van der Waals surface area contributed by atoms with Gasteiger partial charge in [0.2, 0.25) is 0 Å². The van der Waals surface area contributed by atoms with E-state index in [0.29, 0.717) is 53.1 Å². The molecule has 4 aromatic rings. The lowest BCUT2D eigenvalue weighted by molar-refractivity contribution is -0.158. The maximum atomic E-state index is 14.0. The molecule has 1 saturated carbocycles. The molecular weight excluding hydrogens is 536 g/mol. The summed E-state index contributed by atoms with van der Waals surface area (Å²) >= 11 is 0. The normalized spacial score (nSPS) is 20.6. The first-order chi connectivity index (χ1) is 20.5. The molecule has 0 radical (unpaired) electrons. The number of hydrogen-bond acceptors (Lipinski definition) is 7. The Morgan fingerprint density at radius 1 is 0.690 bits per heavy atom. The van der Waals surface area contributed by atoms with Gasteiger partial charge in [-0.3, -0.25) is 9.59 Å². The molecule has 0 bridgehead atoms. The van der Waals surface area contributed by atoms with Gasteiger partial charge < -0.3 is 28.8 Å². The number of carbonyl (C=O) groups excluding carboxylic acids is 1. The lowest BCUT2D eigenvalue weighted by Crippen LogP contribution is -2.52. The third-order valence-electron chi connectivity index (χ3n) is 8.03. The van der Waals surface area contributed by atoms with Crippen molar-refractivity contribution in [2.75, 3.05) is 27.4 Å². The number of aliphatic carboxylic acids is 1. The standard InChI is InChI=1S/C34H30O8/c1-38-25-12-5-3-10-23(25)29-31(33(35)36)30(24-11-4-6-13-26(24)39-2)32(29)34(37)42-22-9-7-8-20(18-22)21-14-15-27-28(19-21)41-17-16-40-27/h3-15,18-19,29-32H,16-17H2,1-2H3,(H,35,36)/t29-,30-,31-,32+/m1/s1. The Bertz CT molecular complexity index is 1570. The minimum atomic E-state index is -1.01. The second-order valence-corrected chi connectivity index (χ2v) is 10.2. The number of ether oxygens (including phenoxy) is 5. The first-order valence-electron chi connectivity index (χ1n) is 13.7. The molecule has 2 atom stereocenters. The van der Waals surface area contributed by atoms with Gasteiger partial charge >= 0.3 is 11.9 Å². The Hall–Kier alpha value is -4.98. The van der Waals surface area contributed by atoms with E-state index in [1.54, 1.807) is 36.4 Å². The SMILES string of the molecule is COc1ccccc1[C@@H]1[C@H](C(=O)O)[C@@H](c2ccccc2OC)[C@@H]1C(=O)Oc1cccc(-c2ccc3c(c2)OCCO3)c1. The molecule has 0 saturated heterocycles. The van der Waals surface area contributed by atoms with Crippen molar-refractivity contribution < 1.29 is 38.4 Å². The number of carboxylic acid groups (broad SMARTS) is 1. The van der Waals surface area contributed by atoms with Crippen LogP contribution >= 0.6 is 0 Å². The number of carbonyl (C=O) groups is 2. The van der Waals surface area contributed by atoms with Crippen LogP contribution in [0.15, 0.2) is 91.0 Å². The van der Waals surface area contributed by atoms with Crippen LogP contribution in [0, 0.1) is 11.8 Å². The molecule has 0 aromatic heterocycles. The Morgan fingerprint density at radius 2 is 1.29 bits per heavy atom. The van der Waals surface area contributed by atoms with E-state index < -0.39 is 35.6 Å². The minimum absolute atomic E-state index is 0.351. The van der Waals surface area contributed by atoms with Crippen LogP contribution in [0.4, 0.5) is 0 Å². The van der Waals surface area contributed by atoms with Gasteiger partial charge in [-0.1, -0.05) is 54.6 Å². The van der Waals surface area contributed by atoms with Crippen LogP contribution in [0.2, 0.25) is 0 Å². The van der Waals surface area contributed by atoms with Crippen LogP contribution in [0.1, 0.15) is 23.0 Å². The molecular formula is C34H30O8. The van der Waals surface area contributed by atoms with E-state index >= 15 is 0 Å². The summed E-state index contributed by atoms with van der Waals surface area (Å²) in [7, 11) is 3.06. The van der Waals surface area contributed by atoms with Crippen LogP contribution in [0.5, 0.6) is 28.7 Å². The number of esters is 1. The predicted molar refractivity (Wildman–Crippen MR) is 155 cm³/mol. The first kappa shape index (κ1) is 27.2. The van der Waals surface area contributed by atoms with E-state index in [1.165, 1.54) is 14.2 Å². The topological polar surface area (TPSA) is 101 Å². The number of rotatable bonds is 8. The van der Waals surface area contributed by atoms with Crippen molar-refractivity contribution in [3.05, 3.63) is 102 Å². The monoisotopic (exact) mass is 566 g/mol. The van der Waals surface area contributed by atoms with Gasteiger partial charge in [-0.05, 0) is 58.7 Å². The summed E-state index contributed by atoms with van der Waals surface area (Å²) in [4.78, 5) is 26.8. The maximum Gasteiger partial charge on any atom is 0.315 e. The number of hydrogen-bond donors (Lipinski definition) is 1. The molecule has 1 aliphatic carbocycles. The summed E-state index contributed by atoms with van der Waals surface area (Å²) < 4.78 is 28.5. The molecule has 8 nitrogen and oxygen atoms in total. The number of benzene rings is 4. The smallest absolute Gasteiger partial charge is 0.315 e. The fourth-order valence-corrected chi connectivity index (χ4v) is 6.15. The highest BCUT2D eigenvalue weighted by Crippen LogP contribution is 2.60. The number of fused-ring (bicyclic) bond motifs is 1. The highest BCUT2D eigenvalue weighted by Gasteiger charge is 2.60. The molecule has 8 heteroatoms.